The minimum Gasteiger partial charge on any atom is -0.497 e. The smallest absolute Gasteiger partial charge is 0.278 e. The zero-order chi connectivity index (χ0) is 23.2. The van der Waals surface area contributed by atoms with Crippen molar-refractivity contribution in [1.82, 2.24) is 20.3 Å². The fourth-order valence-corrected chi connectivity index (χ4v) is 3.16. The molecule has 0 radical (unpaired) electrons. The van der Waals surface area contributed by atoms with Crippen LogP contribution in [0.3, 0.4) is 0 Å². The first-order valence-corrected chi connectivity index (χ1v) is 10.00. The van der Waals surface area contributed by atoms with Crippen LogP contribution in [0.4, 0.5) is 5.82 Å². The number of hydrogen-bond donors (Lipinski definition) is 1. The summed E-state index contributed by atoms with van der Waals surface area (Å²) in [6, 6.07) is 14.7. The maximum atomic E-state index is 5.39. The molecule has 0 spiro atoms. The summed E-state index contributed by atoms with van der Waals surface area (Å²) in [6.45, 7) is 0.479. The molecule has 0 unspecified atom stereocenters. The Balaban J connectivity index is 1.44. The number of methoxy groups -OCH3 is 4. The number of nitrogens with one attached hydrogen (secondary N) is 1. The lowest BCUT2D eigenvalue weighted by atomic mass is 10.1. The second-order valence-corrected chi connectivity index (χ2v) is 6.84. The molecule has 0 aliphatic carbocycles. The van der Waals surface area contributed by atoms with E-state index in [4.69, 9.17) is 23.5 Å². The van der Waals surface area contributed by atoms with Crippen molar-refractivity contribution in [1.29, 1.82) is 0 Å². The Morgan fingerprint density at radius 1 is 0.818 bits per heavy atom. The van der Waals surface area contributed by atoms with Crippen LogP contribution in [0, 0.1) is 0 Å². The number of anilines is 1. The van der Waals surface area contributed by atoms with E-state index in [9.17, 15) is 0 Å². The predicted octanol–water partition coefficient (Wildman–Crippen LogP) is 3.84. The summed E-state index contributed by atoms with van der Waals surface area (Å²) in [6.07, 6.45) is 0. The van der Waals surface area contributed by atoms with Crippen molar-refractivity contribution in [2.45, 2.75) is 6.54 Å². The zero-order valence-corrected chi connectivity index (χ0v) is 18.7. The Hall–Kier alpha value is -4.34. The van der Waals surface area contributed by atoms with E-state index in [1.165, 1.54) is 0 Å². The maximum absolute atomic E-state index is 5.39. The molecule has 0 bridgehead atoms. The predicted molar refractivity (Wildman–Crippen MR) is 121 cm³/mol. The van der Waals surface area contributed by atoms with Crippen molar-refractivity contribution in [2.24, 2.45) is 0 Å². The third-order valence-electron chi connectivity index (χ3n) is 4.86. The Bertz CT molecular complexity index is 1180. The van der Waals surface area contributed by atoms with Gasteiger partial charge in [0.15, 0.2) is 17.2 Å². The zero-order valence-electron chi connectivity index (χ0n) is 18.7. The minimum atomic E-state index is 0.282. The molecule has 33 heavy (non-hydrogen) atoms. The summed E-state index contributed by atoms with van der Waals surface area (Å²) < 4.78 is 26.7. The van der Waals surface area contributed by atoms with Gasteiger partial charge in [-0.05, 0) is 54.1 Å². The van der Waals surface area contributed by atoms with Gasteiger partial charge in [-0.1, -0.05) is 5.16 Å². The highest BCUT2D eigenvalue weighted by atomic mass is 16.5. The van der Waals surface area contributed by atoms with Gasteiger partial charge in [-0.2, -0.15) is 4.98 Å². The average molecular weight is 449 g/mol. The second-order valence-electron chi connectivity index (χ2n) is 6.84. The van der Waals surface area contributed by atoms with Crippen LogP contribution in [0.15, 0.2) is 53.1 Å². The molecule has 0 aliphatic heterocycles. The third kappa shape index (κ3) is 4.79. The largest absolute Gasteiger partial charge is 0.497 e. The number of nitrogens with zero attached hydrogens (tertiary/aromatic N) is 4. The van der Waals surface area contributed by atoms with Crippen molar-refractivity contribution in [3.8, 4) is 46.0 Å². The van der Waals surface area contributed by atoms with Gasteiger partial charge in [0, 0.05) is 12.1 Å². The first-order valence-electron chi connectivity index (χ1n) is 10.00. The van der Waals surface area contributed by atoms with Gasteiger partial charge in [0.1, 0.15) is 11.6 Å². The number of rotatable bonds is 9. The average Bonchev–Trinajstić information content (AvgIpc) is 3.37. The highest BCUT2D eigenvalue weighted by Gasteiger charge is 2.14. The van der Waals surface area contributed by atoms with E-state index in [-0.39, 0.29) is 5.89 Å². The van der Waals surface area contributed by atoms with E-state index in [1.807, 2.05) is 36.4 Å². The van der Waals surface area contributed by atoms with Gasteiger partial charge in [0.2, 0.25) is 11.6 Å². The first kappa shape index (κ1) is 21.9. The fourth-order valence-electron chi connectivity index (χ4n) is 3.16. The van der Waals surface area contributed by atoms with E-state index in [0.29, 0.717) is 41.1 Å². The second kappa shape index (κ2) is 9.86. The normalized spacial score (nSPS) is 10.5. The Labute approximate surface area is 190 Å². The highest BCUT2D eigenvalue weighted by molar-refractivity contribution is 5.59. The minimum absolute atomic E-state index is 0.282. The molecule has 0 atom stereocenters. The summed E-state index contributed by atoms with van der Waals surface area (Å²) >= 11 is 0. The molecule has 4 rings (SSSR count). The van der Waals surface area contributed by atoms with Gasteiger partial charge in [0.05, 0.1) is 28.4 Å². The molecular weight excluding hydrogens is 426 g/mol. The number of hydrogen-bond acceptors (Lipinski definition) is 10. The molecule has 0 saturated carbocycles. The third-order valence-corrected chi connectivity index (χ3v) is 4.86. The molecule has 0 saturated heterocycles. The summed E-state index contributed by atoms with van der Waals surface area (Å²) in [7, 11) is 6.34. The molecule has 0 aliphatic rings. The van der Waals surface area contributed by atoms with Crippen LogP contribution >= 0.6 is 0 Å². The highest BCUT2D eigenvalue weighted by Crippen LogP contribution is 2.38. The van der Waals surface area contributed by atoms with Crippen LogP contribution in [-0.4, -0.2) is 48.8 Å². The fraction of sp³-hybridized carbons (Fsp3) is 0.217. The molecule has 4 aromatic rings. The molecule has 10 heteroatoms. The van der Waals surface area contributed by atoms with Crippen molar-refractivity contribution in [3.05, 3.63) is 54.1 Å². The van der Waals surface area contributed by atoms with Gasteiger partial charge < -0.3 is 28.8 Å². The number of ether oxygens (including phenoxy) is 4. The Kier molecular flexibility index (Phi) is 6.53. The van der Waals surface area contributed by atoms with E-state index in [0.717, 1.165) is 16.9 Å². The van der Waals surface area contributed by atoms with E-state index in [1.54, 1.807) is 40.6 Å². The lowest BCUT2D eigenvalue weighted by Crippen LogP contribution is -2.04. The van der Waals surface area contributed by atoms with Crippen LogP contribution in [0.1, 0.15) is 5.56 Å². The molecule has 10 nitrogen and oxygen atoms in total. The van der Waals surface area contributed by atoms with Crippen LogP contribution in [0.2, 0.25) is 0 Å². The van der Waals surface area contributed by atoms with E-state index >= 15 is 0 Å². The Morgan fingerprint density at radius 2 is 1.55 bits per heavy atom. The topological polar surface area (TPSA) is 114 Å². The monoisotopic (exact) mass is 449 g/mol. The Morgan fingerprint density at radius 3 is 2.12 bits per heavy atom. The van der Waals surface area contributed by atoms with Gasteiger partial charge in [-0.25, -0.2) is 0 Å². The van der Waals surface area contributed by atoms with Crippen LogP contribution in [0.25, 0.3) is 23.0 Å². The lowest BCUT2D eigenvalue weighted by Gasteiger charge is -2.14. The summed E-state index contributed by atoms with van der Waals surface area (Å²) in [5, 5.41) is 15.6. The van der Waals surface area contributed by atoms with Crippen LogP contribution in [-0.2, 0) is 6.54 Å². The van der Waals surface area contributed by atoms with Crippen molar-refractivity contribution in [2.75, 3.05) is 33.8 Å². The molecule has 2 heterocycles. The number of benzene rings is 2. The van der Waals surface area contributed by atoms with Crippen molar-refractivity contribution >= 4 is 5.82 Å². The molecule has 0 amide bonds. The number of aromatic nitrogens is 4. The molecular formula is C23H23N5O5. The summed E-state index contributed by atoms with van der Waals surface area (Å²) in [5.74, 6) is 3.79. The first-order chi connectivity index (χ1) is 16.1. The summed E-state index contributed by atoms with van der Waals surface area (Å²) in [5.41, 5.74) is 2.21. The molecule has 2 aromatic carbocycles. The van der Waals surface area contributed by atoms with Crippen molar-refractivity contribution in [3.63, 3.8) is 0 Å². The van der Waals surface area contributed by atoms with Gasteiger partial charge in [-0.15, -0.1) is 10.2 Å². The quantitative estimate of drug-likeness (QED) is 0.404. The van der Waals surface area contributed by atoms with E-state index in [2.05, 4.69) is 25.7 Å². The standard InChI is InChI=1S/C23H23N5O5/c1-29-16-7-5-15(6-8-16)22-25-23(33-28-22)17-9-10-20(27-26-17)24-13-14-11-18(30-2)21(32-4)19(12-14)31-3/h5-12H,13H2,1-4H3,(H,24,27). The van der Waals surface area contributed by atoms with Gasteiger partial charge in [-0.3, -0.25) is 0 Å². The maximum Gasteiger partial charge on any atom is 0.278 e. The van der Waals surface area contributed by atoms with Gasteiger partial charge in [0.25, 0.3) is 5.89 Å². The molecule has 2 aromatic heterocycles. The lowest BCUT2D eigenvalue weighted by molar-refractivity contribution is 0.324. The molecule has 170 valence electrons. The van der Waals surface area contributed by atoms with Crippen LogP contribution < -0.4 is 24.3 Å². The van der Waals surface area contributed by atoms with Gasteiger partial charge >= 0.3 is 0 Å². The SMILES string of the molecule is COc1ccc(-c2noc(-c3ccc(NCc4cc(OC)c(OC)c(OC)c4)nn3)n2)cc1. The van der Waals surface area contributed by atoms with Crippen molar-refractivity contribution < 1.29 is 23.5 Å². The van der Waals surface area contributed by atoms with E-state index < -0.39 is 0 Å². The summed E-state index contributed by atoms with van der Waals surface area (Å²) in [4.78, 5) is 4.40. The molecule has 0 fully saturated rings. The molecule has 1 N–H and O–H groups in total. The van der Waals surface area contributed by atoms with Crippen LogP contribution in [0.5, 0.6) is 23.0 Å².